The average Bonchev–Trinajstić information content (AvgIpc) is 2.41. The summed E-state index contributed by atoms with van der Waals surface area (Å²) >= 11 is 6.10. The van der Waals surface area contributed by atoms with Crippen LogP contribution in [0.2, 0.25) is 5.02 Å². The van der Waals surface area contributed by atoms with E-state index in [9.17, 15) is 0 Å². The van der Waals surface area contributed by atoms with Crippen LogP contribution in [0.3, 0.4) is 0 Å². The Morgan fingerprint density at radius 2 is 1.95 bits per heavy atom. The van der Waals surface area contributed by atoms with Gasteiger partial charge in [-0.05, 0) is 38.2 Å². The smallest absolute Gasteiger partial charge is 0.0637 e. The number of likely N-dealkylation sites (N-methyl/N-ethyl adjacent to an activating group) is 1. The van der Waals surface area contributed by atoms with Crippen molar-refractivity contribution in [3.63, 3.8) is 0 Å². The first-order valence-electron chi connectivity index (χ1n) is 6.74. The summed E-state index contributed by atoms with van der Waals surface area (Å²) in [5, 5.41) is 4.11. The van der Waals surface area contributed by atoms with E-state index in [4.69, 9.17) is 11.6 Å². The van der Waals surface area contributed by atoms with Crippen LogP contribution in [0.25, 0.3) is 0 Å². The van der Waals surface area contributed by atoms with Gasteiger partial charge in [0, 0.05) is 25.3 Å². The van der Waals surface area contributed by atoms with Gasteiger partial charge in [-0.25, -0.2) is 0 Å². The van der Waals surface area contributed by atoms with Gasteiger partial charge in [-0.15, -0.1) is 0 Å². The van der Waals surface area contributed by atoms with Crippen molar-refractivity contribution >= 4 is 17.3 Å². The van der Waals surface area contributed by atoms with Crippen LogP contribution in [0.5, 0.6) is 0 Å². The van der Waals surface area contributed by atoms with Crippen LogP contribution in [0.15, 0.2) is 42.5 Å². The Bertz CT molecular complexity index is 557. The number of hydrogen-bond donors (Lipinski definition) is 1. The van der Waals surface area contributed by atoms with Crippen LogP contribution in [-0.2, 0) is 6.54 Å². The minimum Gasteiger partial charge on any atom is -0.383 e. The highest BCUT2D eigenvalue weighted by molar-refractivity contribution is 6.33. The highest BCUT2D eigenvalue weighted by atomic mass is 35.5. The normalized spacial score (nSPS) is 10.8. The molecule has 1 aromatic heterocycles. The second kappa shape index (κ2) is 7.27. The van der Waals surface area contributed by atoms with Crippen molar-refractivity contribution in [1.82, 2.24) is 9.88 Å². The zero-order valence-electron chi connectivity index (χ0n) is 11.9. The van der Waals surface area contributed by atoms with Crippen LogP contribution in [0, 0.1) is 6.92 Å². The lowest BCUT2D eigenvalue weighted by molar-refractivity contribution is 0.335. The molecule has 2 aromatic rings. The number of hydrogen-bond acceptors (Lipinski definition) is 3. The molecule has 0 aliphatic heterocycles. The molecule has 20 heavy (non-hydrogen) atoms. The number of aryl methyl sites for hydroxylation is 1. The molecule has 0 aliphatic carbocycles. The lowest BCUT2D eigenvalue weighted by atomic mass is 10.3. The van der Waals surface area contributed by atoms with Crippen LogP contribution in [0.1, 0.15) is 11.4 Å². The second-order valence-electron chi connectivity index (χ2n) is 4.91. The first-order chi connectivity index (χ1) is 9.65. The zero-order valence-corrected chi connectivity index (χ0v) is 12.7. The predicted octanol–water partition coefficient (Wildman–Crippen LogP) is 3.59. The van der Waals surface area contributed by atoms with Crippen LogP contribution in [0.4, 0.5) is 5.69 Å². The van der Waals surface area contributed by atoms with E-state index >= 15 is 0 Å². The Hall–Kier alpha value is -1.58. The molecule has 4 heteroatoms. The third-order valence-corrected chi connectivity index (χ3v) is 3.39. The van der Waals surface area contributed by atoms with Crippen LogP contribution >= 0.6 is 11.6 Å². The molecule has 1 heterocycles. The molecule has 3 nitrogen and oxygen atoms in total. The summed E-state index contributed by atoms with van der Waals surface area (Å²) in [5.74, 6) is 0. The minimum atomic E-state index is 0.760. The Balaban J connectivity index is 1.78. The molecule has 0 atom stereocenters. The third-order valence-electron chi connectivity index (χ3n) is 3.06. The van der Waals surface area contributed by atoms with Crippen molar-refractivity contribution in [1.29, 1.82) is 0 Å². The number of aromatic nitrogens is 1. The van der Waals surface area contributed by atoms with E-state index < -0.39 is 0 Å². The first kappa shape index (κ1) is 14.8. The number of nitrogens with one attached hydrogen (secondary N) is 1. The summed E-state index contributed by atoms with van der Waals surface area (Å²) in [5.41, 5.74) is 3.14. The molecular formula is C16H20ClN3. The first-order valence-corrected chi connectivity index (χ1v) is 7.12. The third kappa shape index (κ3) is 4.51. The molecule has 0 saturated carbocycles. The monoisotopic (exact) mass is 289 g/mol. The molecule has 0 unspecified atom stereocenters. The molecule has 106 valence electrons. The van der Waals surface area contributed by atoms with Crippen molar-refractivity contribution < 1.29 is 0 Å². The second-order valence-corrected chi connectivity index (χ2v) is 5.32. The van der Waals surface area contributed by atoms with Gasteiger partial charge < -0.3 is 5.32 Å². The average molecular weight is 290 g/mol. The van der Waals surface area contributed by atoms with Gasteiger partial charge >= 0.3 is 0 Å². The molecule has 0 amide bonds. The largest absolute Gasteiger partial charge is 0.383 e. The van der Waals surface area contributed by atoms with E-state index in [1.54, 1.807) is 0 Å². The molecule has 0 saturated heterocycles. The molecule has 2 rings (SSSR count). The lowest BCUT2D eigenvalue weighted by Gasteiger charge is -2.17. The molecule has 0 fully saturated rings. The van der Waals surface area contributed by atoms with Crippen LogP contribution < -0.4 is 5.32 Å². The molecular weight excluding hydrogens is 270 g/mol. The number of nitrogens with zero attached hydrogens (tertiary/aromatic N) is 2. The minimum absolute atomic E-state index is 0.760. The number of para-hydroxylation sites is 1. The summed E-state index contributed by atoms with van der Waals surface area (Å²) in [6.45, 7) is 4.65. The molecule has 0 bridgehead atoms. The molecule has 0 aliphatic rings. The number of halogens is 1. The highest BCUT2D eigenvalue weighted by Gasteiger charge is 2.02. The van der Waals surface area contributed by atoms with Crippen molar-refractivity contribution in [2.75, 3.05) is 25.5 Å². The van der Waals surface area contributed by atoms with Gasteiger partial charge in [0.25, 0.3) is 0 Å². The Labute approximate surface area is 125 Å². The number of pyridine rings is 1. The van der Waals surface area contributed by atoms with Gasteiger partial charge in [0.05, 0.1) is 16.4 Å². The van der Waals surface area contributed by atoms with E-state index in [-0.39, 0.29) is 0 Å². The number of benzene rings is 1. The van der Waals surface area contributed by atoms with Crippen LogP contribution in [-0.4, -0.2) is 30.0 Å². The van der Waals surface area contributed by atoms with Gasteiger partial charge in [0.15, 0.2) is 0 Å². The SMILES string of the molecule is Cc1cccc(CN(C)CCNc2ccccc2Cl)n1. The highest BCUT2D eigenvalue weighted by Crippen LogP contribution is 2.19. The predicted molar refractivity (Wildman–Crippen MR) is 85.2 cm³/mol. The topological polar surface area (TPSA) is 28.2 Å². The fourth-order valence-corrected chi connectivity index (χ4v) is 2.23. The number of rotatable bonds is 6. The van der Waals surface area contributed by atoms with Gasteiger partial charge in [0.2, 0.25) is 0 Å². The van der Waals surface area contributed by atoms with Crippen molar-refractivity contribution in [2.24, 2.45) is 0 Å². The van der Waals surface area contributed by atoms with Crippen molar-refractivity contribution in [3.05, 3.63) is 58.9 Å². The van der Waals surface area contributed by atoms with Gasteiger partial charge in [0.1, 0.15) is 0 Å². The number of anilines is 1. The zero-order chi connectivity index (χ0) is 14.4. The Morgan fingerprint density at radius 3 is 2.70 bits per heavy atom. The molecule has 0 radical (unpaired) electrons. The maximum absolute atomic E-state index is 6.10. The van der Waals surface area contributed by atoms with E-state index in [0.29, 0.717) is 0 Å². The van der Waals surface area contributed by atoms with E-state index in [0.717, 1.165) is 41.7 Å². The Morgan fingerprint density at radius 1 is 1.15 bits per heavy atom. The fourth-order valence-electron chi connectivity index (χ4n) is 2.03. The summed E-state index contributed by atoms with van der Waals surface area (Å²) in [4.78, 5) is 6.75. The molecule has 1 aromatic carbocycles. The van der Waals surface area contributed by atoms with E-state index in [2.05, 4.69) is 28.3 Å². The molecule has 0 spiro atoms. The summed E-state index contributed by atoms with van der Waals surface area (Å²) in [6, 6.07) is 13.9. The maximum atomic E-state index is 6.10. The van der Waals surface area contributed by atoms with E-state index in [1.165, 1.54) is 0 Å². The quantitative estimate of drug-likeness (QED) is 0.881. The maximum Gasteiger partial charge on any atom is 0.0637 e. The summed E-state index contributed by atoms with van der Waals surface area (Å²) in [6.07, 6.45) is 0. The van der Waals surface area contributed by atoms with Gasteiger partial charge in [-0.2, -0.15) is 0 Å². The fraction of sp³-hybridized carbons (Fsp3) is 0.312. The van der Waals surface area contributed by atoms with Gasteiger partial charge in [-0.1, -0.05) is 29.8 Å². The lowest BCUT2D eigenvalue weighted by Crippen LogP contribution is -2.25. The summed E-state index contributed by atoms with van der Waals surface area (Å²) < 4.78 is 0. The Kier molecular flexibility index (Phi) is 5.39. The van der Waals surface area contributed by atoms with Gasteiger partial charge in [-0.3, -0.25) is 9.88 Å². The summed E-state index contributed by atoms with van der Waals surface area (Å²) in [7, 11) is 2.10. The van der Waals surface area contributed by atoms with E-state index in [1.807, 2.05) is 43.3 Å². The standard InChI is InChI=1S/C16H20ClN3/c1-13-6-5-7-14(19-13)12-20(2)11-10-18-16-9-4-3-8-15(16)17/h3-9,18H,10-12H2,1-2H3. The molecule has 1 N–H and O–H groups in total. The van der Waals surface area contributed by atoms with Crippen molar-refractivity contribution in [2.45, 2.75) is 13.5 Å². The van der Waals surface area contributed by atoms with Crippen molar-refractivity contribution in [3.8, 4) is 0 Å².